The highest BCUT2D eigenvalue weighted by Gasteiger charge is 2.42. The number of nitrogens with two attached hydrogens (primary N) is 1. The summed E-state index contributed by atoms with van der Waals surface area (Å²) < 4.78 is 0. The van der Waals surface area contributed by atoms with Gasteiger partial charge in [-0.15, -0.1) is 0 Å². The molecular weight excluding hydrogens is 222 g/mol. The molecule has 2 nitrogen and oxygen atoms in total. The van der Waals surface area contributed by atoms with Crippen LogP contribution in [-0.2, 0) is 11.2 Å². The quantitative estimate of drug-likeness (QED) is 0.886. The second-order valence-corrected chi connectivity index (χ2v) is 5.82. The summed E-state index contributed by atoms with van der Waals surface area (Å²) in [5.74, 6) is 0.339. The normalized spacial score (nSPS) is 17.3. The van der Waals surface area contributed by atoms with Crippen LogP contribution in [0.15, 0.2) is 12.1 Å². The zero-order valence-corrected chi connectivity index (χ0v) is 11.7. The first-order chi connectivity index (χ1) is 8.48. The smallest absolute Gasteiger partial charge is 0.144 e. The molecule has 1 aliphatic rings. The van der Waals surface area contributed by atoms with Crippen molar-refractivity contribution in [1.29, 1.82) is 0 Å². The van der Waals surface area contributed by atoms with E-state index in [0.717, 1.165) is 19.3 Å². The summed E-state index contributed by atoms with van der Waals surface area (Å²) in [6.45, 7) is 6.80. The molecule has 0 unspecified atom stereocenters. The number of carbonyl (C=O) groups is 1. The Hall–Kier alpha value is -1.15. The fraction of sp³-hybridized carbons (Fsp3) is 0.562. The minimum Gasteiger partial charge on any atom is -0.329 e. The third-order valence-corrected chi connectivity index (χ3v) is 4.47. The highest BCUT2D eigenvalue weighted by molar-refractivity contribution is 5.88. The van der Waals surface area contributed by atoms with Crippen LogP contribution in [0.4, 0.5) is 0 Å². The van der Waals surface area contributed by atoms with Crippen LogP contribution in [0.3, 0.4) is 0 Å². The molecule has 0 saturated heterocycles. The molecule has 0 amide bonds. The number of ketones is 1. The van der Waals surface area contributed by atoms with Gasteiger partial charge in [0.2, 0.25) is 0 Å². The number of carbonyl (C=O) groups excluding carboxylic acids is 1. The fourth-order valence-corrected chi connectivity index (χ4v) is 3.04. The molecule has 0 atom stereocenters. The molecule has 2 heteroatoms. The Labute approximate surface area is 110 Å². The van der Waals surface area contributed by atoms with E-state index < -0.39 is 0 Å². The Morgan fingerprint density at radius 1 is 1.22 bits per heavy atom. The lowest BCUT2D eigenvalue weighted by atomic mass is 9.64. The zero-order chi connectivity index (χ0) is 13.3. The Kier molecular flexibility index (Phi) is 3.58. The second kappa shape index (κ2) is 4.85. The maximum absolute atomic E-state index is 12.5. The molecule has 0 heterocycles. The van der Waals surface area contributed by atoms with Crippen molar-refractivity contribution in [3.8, 4) is 0 Å². The Bertz CT molecular complexity index is 443. The van der Waals surface area contributed by atoms with E-state index in [0.29, 0.717) is 18.7 Å². The first kappa shape index (κ1) is 13.3. The summed E-state index contributed by atoms with van der Waals surface area (Å²) >= 11 is 0. The molecule has 1 aromatic rings. The summed E-state index contributed by atoms with van der Waals surface area (Å²) in [5, 5.41) is 0. The molecule has 1 saturated carbocycles. The van der Waals surface area contributed by atoms with Gasteiger partial charge in [0.25, 0.3) is 0 Å². The molecule has 0 bridgehead atoms. The van der Waals surface area contributed by atoms with Gasteiger partial charge in [-0.3, -0.25) is 4.79 Å². The third kappa shape index (κ3) is 2.22. The number of rotatable bonds is 4. The minimum atomic E-state index is -0.205. The lowest BCUT2D eigenvalue weighted by Crippen LogP contribution is -2.45. The zero-order valence-electron chi connectivity index (χ0n) is 11.7. The molecule has 0 radical (unpaired) electrons. The standard InChI is InChI=1S/C16H23NO/c1-11-7-12(2)14(13(3)8-11)9-15(18)16(10-17)5-4-6-16/h7-8H,4-6,9-10,17H2,1-3H3. The number of hydrogen-bond acceptors (Lipinski definition) is 2. The van der Waals surface area contributed by atoms with Gasteiger partial charge >= 0.3 is 0 Å². The van der Waals surface area contributed by atoms with Crippen molar-refractivity contribution in [2.75, 3.05) is 6.54 Å². The van der Waals surface area contributed by atoms with Gasteiger partial charge in [-0.2, -0.15) is 0 Å². The maximum Gasteiger partial charge on any atom is 0.144 e. The van der Waals surface area contributed by atoms with Crippen molar-refractivity contribution in [3.63, 3.8) is 0 Å². The lowest BCUT2D eigenvalue weighted by molar-refractivity contribution is -0.132. The Balaban J connectivity index is 2.22. The van der Waals surface area contributed by atoms with Crippen LogP contribution in [0.2, 0.25) is 0 Å². The molecule has 0 aliphatic heterocycles. The number of benzene rings is 1. The molecule has 18 heavy (non-hydrogen) atoms. The van der Waals surface area contributed by atoms with E-state index in [4.69, 9.17) is 5.73 Å². The molecule has 0 aromatic heterocycles. The van der Waals surface area contributed by atoms with E-state index in [9.17, 15) is 4.79 Å². The van der Waals surface area contributed by atoms with E-state index in [1.165, 1.54) is 22.3 Å². The first-order valence-corrected chi connectivity index (χ1v) is 6.78. The van der Waals surface area contributed by atoms with Gasteiger partial charge in [0.05, 0.1) is 0 Å². The third-order valence-electron chi connectivity index (χ3n) is 4.47. The van der Waals surface area contributed by atoms with Crippen LogP contribution in [-0.4, -0.2) is 12.3 Å². The van der Waals surface area contributed by atoms with Crippen LogP contribution < -0.4 is 5.73 Å². The largest absolute Gasteiger partial charge is 0.329 e. The number of aryl methyl sites for hydroxylation is 3. The topological polar surface area (TPSA) is 43.1 Å². The predicted molar refractivity (Wildman–Crippen MR) is 74.7 cm³/mol. The van der Waals surface area contributed by atoms with E-state index in [-0.39, 0.29) is 5.41 Å². The van der Waals surface area contributed by atoms with Gasteiger partial charge in [0.15, 0.2) is 0 Å². The van der Waals surface area contributed by atoms with Gasteiger partial charge in [-0.1, -0.05) is 24.1 Å². The van der Waals surface area contributed by atoms with Crippen molar-refractivity contribution < 1.29 is 4.79 Å². The molecule has 1 aromatic carbocycles. The van der Waals surface area contributed by atoms with E-state index in [1.54, 1.807) is 0 Å². The number of hydrogen-bond donors (Lipinski definition) is 1. The number of Topliss-reactive ketones (excluding diaryl/α,β-unsaturated/α-hetero) is 1. The summed E-state index contributed by atoms with van der Waals surface area (Å²) in [6.07, 6.45) is 3.66. The molecule has 98 valence electrons. The van der Waals surface area contributed by atoms with Gasteiger partial charge in [0.1, 0.15) is 5.78 Å². The van der Waals surface area contributed by atoms with Gasteiger partial charge in [-0.25, -0.2) is 0 Å². The van der Waals surface area contributed by atoms with E-state index in [1.807, 2.05) is 0 Å². The van der Waals surface area contributed by atoms with Gasteiger partial charge in [0, 0.05) is 18.4 Å². The van der Waals surface area contributed by atoms with Crippen LogP contribution >= 0.6 is 0 Å². The average molecular weight is 245 g/mol. The van der Waals surface area contributed by atoms with Gasteiger partial charge in [-0.05, 0) is 50.3 Å². The predicted octanol–water partition coefficient (Wildman–Crippen LogP) is 2.85. The van der Waals surface area contributed by atoms with Gasteiger partial charge < -0.3 is 5.73 Å². The van der Waals surface area contributed by atoms with Crippen LogP contribution in [0.1, 0.15) is 41.5 Å². The Morgan fingerprint density at radius 3 is 2.17 bits per heavy atom. The highest BCUT2D eigenvalue weighted by Crippen LogP contribution is 2.41. The monoisotopic (exact) mass is 245 g/mol. The first-order valence-electron chi connectivity index (χ1n) is 6.78. The lowest BCUT2D eigenvalue weighted by Gasteiger charge is -2.39. The SMILES string of the molecule is Cc1cc(C)c(CC(=O)C2(CN)CCC2)c(C)c1. The van der Waals surface area contributed by atoms with E-state index >= 15 is 0 Å². The summed E-state index contributed by atoms with van der Waals surface area (Å²) in [6, 6.07) is 4.32. The van der Waals surface area contributed by atoms with Crippen LogP contribution in [0.25, 0.3) is 0 Å². The van der Waals surface area contributed by atoms with Crippen molar-refractivity contribution >= 4 is 5.78 Å². The molecule has 1 aliphatic carbocycles. The second-order valence-electron chi connectivity index (χ2n) is 5.82. The molecule has 2 N–H and O–H groups in total. The van der Waals surface area contributed by atoms with Crippen molar-refractivity contribution in [1.82, 2.24) is 0 Å². The van der Waals surface area contributed by atoms with E-state index in [2.05, 4.69) is 32.9 Å². The summed E-state index contributed by atoms with van der Waals surface area (Å²) in [4.78, 5) is 12.5. The minimum absolute atomic E-state index is 0.205. The maximum atomic E-state index is 12.5. The highest BCUT2D eigenvalue weighted by atomic mass is 16.1. The molecular formula is C16H23NO. The van der Waals surface area contributed by atoms with Crippen LogP contribution in [0.5, 0.6) is 0 Å². The van der Waals surface area contributed by atoms with Crippen molar-refractivity contribution in [2.45, 2.75) is 46.5 Å². The van der Waals surface area contributed by atoms with Crippen molar-refractivity contribution in [3.05, 3.63) is 34.4 Å². The summed E-state index contributed by atoms with van der Waals surface area (Å²) in [7, 11) is 0. The Morgan fingerprint density at radius 2 is 1.78 bits per heavy atom. The summed E-state index contributed by atoms with van der Waals surface area (Å²) in [5.41, 5.74) is 10.5. The average Bonchev–Trinajstić information content (AvgIpc) is 2.22. The van der Waals surface area contributed by atoms with Crippen molar-refractivity contribution in [2.24, 2.45) is 11.1 Å². The molecule has 2 rings (SSSR count). The molecule has 0 spiro atoms. The fourth-order valence-electron chi connectivity index (χ4n) is 3.04. The molecule has 1 fully saturated rings. The van der Waals surface area contributed by atoms with Crippen LogP contribution in [0, 0.1) is 26.2 Å².